The molecule has 30 heavy (non-hydrogen) atoms. The van der Waals surface area contributed by atoms with Crippen molar-refractivity contribution in [2.24, 2.45) is 0 Å². The Labute approximate surface area is 173 Å². The summed E-state index contributed by atoms with van der Waals surface area (Å²) in [7, 11) is 0. The SMILES string of the molecule is CCc1nc2ccccc2n1CCn1c2ccccc2c2nc3ccccc3nc21. The second kappa shape index (κ2) is 6.66. The molecule has 6 aromatic rings. The molecule has 3 aromatic heterocycles. The van der Waals surface area contributed by atoms with Gasteiger partial charge in [0.1, 0.15) is 11.3 Å². The van der Waals surface area contributed by atoms with E-state index in [0.29, 0.717) is 0 Å². The van der Waals surface area contributed by atoms with Gasteiger partial charge in [-0.15, -0.1) is 0 Å². The number of hydrogen-bond acceptors (Lipinski definition) is 3. The summed E-state index contributed by atoms with van der Waals surface area (Å²) in [6.07, 6.45) is 0.909. The topological polar surface area (TPSA) is 48.5 Å². The van der Waals surface area contributed by atoms with Gasteiger partial charge < -0.3 is 9.13 Å². The number of imidazole rings is 1. The van der Waals surface area contributed by atoms with Gasteiger partial charge in [-0.1, -0.05) is 49.4 Å². The van der Waals surface area contributed by atoms with E-state index in [9.17, 15) is 0 Å². The van der Waals surface area contributed by atoms with Gasteiger partial charge in [-0.05, 0) is 30.3 Å². The first-order valence-corrected chi connectivity index (χ1v) is 10.4. The highest BCUT2D eigenvalue weighted by atomic mass is 15.1. The second-order valence-corrected chi connectivity index (χ2v) is 7.58. The van der Waals surface area contributed by atoms with E-state index in [-0.39, 0.29) is 0 Å². The monoisotopic (exact) mass is 391 g/mol. The van der Waals surface area contributed by atoms with Crippen molar-refractivity contribution in [2.75, 3.05) is 0 Å². The third-order valence-electron chi connectivity index (χ3n) is 5.85. The zero-order valence-electron chi connectivity index (χ0n) is 16.8. The van der Waals surface area contributed by atoms with Gasteiger partial charge in [0, 0.05) is 24.9 Å². The summed E-state index contributed by atoms with van der Waals surface area (Å²) in [6.45, 7) is 3.81. The molecule has 3 heterocycles. The van der Waals surface area contributed by atoms with Crippen molar-refractivity contribution < 1.29 is 0 Å². The van der Waals surface area contributed by atoms with Crippen LogP contribution in [0.4, 0.5) is 0 Å². The van der Waals surface area contributed by atoms with E-state index < -0.39 is 0 Å². The molecule has 0 amide bonds. The Kier molecular flexibility index (Phi) is 3.81. The van der Waals surface area contributed by atoms with Crippen molar-refractivity contribution >= 4 is 44.1 Å². The highest BCUT2D eigenvalue weighted by molar-refractivity contribution is 6.06. The van der Waals surface area contributed by atoms with E-state index in [0.717, 1.165) is 58.4 Å². The predicted octanol–water partition coefficient (Wildman–Crippen LogP) is 5.35. The van der Waals surface area contributed by atoms with E-state index in [1.165, 1.54) is 11.0 Å². The first-order chi connectivity index (χ1) is 14.8. The lowest BCUT2D eigenvalue weighted by atomic mass is 10.2. The zero-order valence-corrected chi connectivity index (χ0v) is 16.8. The minimum Gasteiger partial charge on any atom is -0.326 e. The molecule has 5 heteroatoms. The van der Waals surface area contributed by atoms with Gasteiger partial charge in [-0.25, -0.2) is 15.0 Å². The first-order valence-electron chi connectivity index (χ1n) is 10.4. The average Bonchev–Trinajstić information content (AvgIpc) is 3.31. The van der Waals surface area contributed by atoms with Crippen LogP contribution in [0.5, 0.6) is 0 Å². The van der Waals surface area contributed by atoms with Gasteiger partial charge in [0.25, 0.3) is 0 Å². The molecule has 0 fully saturated rings. The summed E-state index contributed by atoms with van der Waals surface area (Å²) in [5.41, 5.74) is 7.19. The Morgan fingerprint density at radius 3 is 2.07 bits per heavy atom. The standard InChI is InChI=1S/C25H21N5/c1-2-23-26-20-12-6-8-14-22(20)29(23)15-16-30-21-13-7-3-9-17(21)24-25(30)28-19-11-5-4-10-18(19)27-24/h3-14H,2,15-16H2,1H3. The molecule has 0 spiro atoms. The van der Waals surface area contributed by atoms with Crippen LogP contribution in [0.15, 0.2) is 72.8 Å². The van der Waals surface area contributed by atoms with Crippen LogP contribution in [0.25, 0.3) is 44.1 Å². The molecule has 0 unspecified atom stereocenters. The van der Waals surface area contributed by atoms with E-state index in [1.54, 1.807) is 0 Å². The Bertz CT molecular complexity index is 1540. The van der Waals surface area contributed by atoms with Gasteiger partial charge in [0.05, 0.1) is 27.6 Å². The molecule has 0 radical (unpaired) electrons. The molecule has 0 aliphatic heterocycles. The lowest BCUT2D eigenvalue weighted by Crippen LogP contribution is -2.10. The molecule has 6 rings (SSSR count). The van der Waals surface area contributed by atoms with Gasteiger partial charge >= 0.3 is 0 Å². The summed E-state index contributed by atoms with van der Waals surface area (Å²) in [6, 6.07) is 24.9. The minimum absolute atomic E-state index is 0.810. The maximum Gasteiger partial charge on any atom is 0.160 e. The third kappa shape index (κ3) is 2.52. The first kappa shape index (κ1) is 17.2. The molecule has 0 atom stereocenters. The Hall–Kier alpha value is -3.73. The van der Waals surface area contributed by atoms with Gasteiger partial charge in [0.15, 0.2) is 5.65 Å². The second-order valence-electron chi connectivity index (χ2n) is 7.58. The molecular weight excluding hydrogens is 370 g/mol. The molecule has 0 N–H and O–H groups in total. The maximum atomic E-state index is 5.00. The van der Waals surface area contributed by atoms with Crippen LogP contribution < -0.4 is 0 Å². The van der Waals surface area contributed by atoms with Crippen molar-refractivity contribution in [3.05, 3.63) is 78.6 Å². The summed E-state index contributed by atoms with van der Waals surface area (Å²) >= 11 is 0. The third-order valence-corrected chi connectivity index (χ3v) is 5.85. The molecule has 0 aliphatic carbocycles. The average molecular weight is 391 g/mol. The lowest BCUT2D eigenvalue weighted by molar-refractivity contribution is 0.591. The molecule has 5 nitrogen and oxygen atoms in total. The molecule has 0 saturated carbocycles. The number of rotatable bonds is 4. The highest BCUT2D eigenvalue weighted by Gasteiger charge is 2.15. The lowest BCUT2D eigenvalue weighted by Gasteiger charge is -2.11. The highest BCUT2D eigenvalue weighted by Crippen LogP contribution is 2.28. The van der Waals surface area contributed by atoms with Crippen LogP contribution in [0.3, 0.4) is 0 Å². The van der Waals surface area contributed by atoms with Crippen LogP contribution in [0, 0.1) is 0 Å². The van der Waals surface area contributed by atoms with E-state index in [4.69, 9.17) is 15.0 Å². The minimum atomic E-state index is 0.810. The number of fused-ring (bicyclic) bond motifs is 5. The Morgan fingerprint density at radius 1 is 0.633 bits per heavy atom. The zero-order chi connectivity index (χ0) is 20.1. The number of aryl methyl sites for hydroxylation is 3. The van der Waals surface area contributed by atoms with Crippen molar-refractivity contribution in [2.45, 2.75) is 26.4 Å². The fraction of sp³-hybridized carbons (Fsp3) is 0.160. The number of hydrogen-bond donors (Lipinski definition) is 0. The van der Waals surface area contributed by atoms with Crippen molar-refractivity contribution in [3.63, 3.8) is 0 Å². The Balaban J connectivity index is 1.53. The molecule has 146 valence electrons. The Morgan fingerprint density at radius 2 is 1.27 bits per heavy atom. The molecular formula is C25H21N5. The van der Waals surface area contributed by atoms with Crippen LogP contribution in [0.1, 0.15) is 12.7 Å². The summed E-state index contributed by atoms with van der Waals surface area (Å²) < 4.78 is 4.64. The quantitative estimate of drug-likeness (QED) is 0.407. The van der Waals surface area contributed by atoms with Gasteiger partial charge in [0.2, 0.25) is 0 Å². The van der Waals surface area contributed by atoms with E-state index in [1.807, 2.05) is 30.3 Å². The van der Waals surface area contributed by atoms with Crippen molar-refractivity contribution in [1.82, 2.24) is 24.1 Å². The van der Waals surface area contributed by atoms with Gasteiger partial charge in [-0.2, -0.15) is 0 Å². The molecule has 0 saturated heterocycles. The van der Waals surface area contributed by atoms with Crippen LogP contribution in [-0.4, -0.2) is 24.1 Å². The fourth-order valence-electron chi connectivity index (χ4n) is 4.45. The smallest absolute Gasteiger partial charge is 0.160 e. The number of para-hydroxylation sites is 5. The van der Waals surface area contributed by atoms with Gasteiger partial charge in [-0.3, -0.25) is 0 Å². The maximum absolute atomic E-state index is 5.00. The van der Waals surface area contributed by atoms with Crippen molar-refractivity contribution in [3.8, 4) is 0 Å². The predicted molar refractivity (Wildman–Crippen MR) is 122 cm³/mol. The van der Waals surface area contributed by atoms with Crippen LogP contribution >= 0.6 is 0 Å². The van der Waals surface area contributed by atoms with E-state index >= 15 is 0 Å². The normalized spacial score (nSPS) is 11.9. The molecule has 3 aromatic carbocycles. The van der Waals surface area contributed by atoms with Crippen LogP contribution in [0.2, 0.25) is 0 Å². The molecule has 0 bridgehead atoms. The fourth-order valence-corrected chi connectivity index (χ4v) is 4.45. The molecule has 0 aliphatic rings. The number of aromatic nitrogens is 5. The van der Waals surface area contributed by atoms with Crippen LogP contribution in [-0.2, 0) is 19.5 Å². The number of nitrogens with zero attached hydrogens (tertiary/aromatic N) is 5. The van der Waals surface area contributed by atoms with Crippen molar-refractivity contribution in [1.29, 1.82) is 0 Å². The number of benzene rings is 3. The van der Waals surface area contributed by atoms with E-state index in [2.05, 4.69) is 58.5 Å². The summed E-state index contributed by atoms with van der Waals surface area (Å²) in [5.74, 6) is 1.12. The summed E-state index contributed by atoms with van der Waals surface area (Å²) in [5, 5.41) is 1.15. The largest absolute Gasteiger partial charge is 0.326 e. The summed E-state index contributed by atoms with van der Waals surface area (Å²) in [4.78, 5) is 14.8.